The Hall–Kier alpha value is -2.74. The van der Waals surface area contributed by atoms with Gasteiger partial charge in [0.15, 0.2) is 11.9 Å². The van der Waals surface area contributed by atoms with Crippen LogP contribution in [0.4, 0.5) is 0 Å². The molecule has 1 aromatic heterocycles. The second kappa shape index (κ2) is 8.30. The van der Waals surface area contributed by atoms with Crippen LogP contribution in [0, 0.1) is 6.92 Å². The van der Waals surface area contributed by atoms with Crippen LogP contribution in [0.1, 0.15) is 36.3 Å². The van der Waals surface area contributed by atoms with Gasteiger partial charge >= 0.3 is 0 Å². The van der Waals surface area contributed by atoms with E-state index in [9.17, 15) is 9.59 Å². The molecule has 1 aromatic carbocycles. The molecule has 2 amide bonds. The maximum absolute atomic E-state index is 12.9. The predicted octanol–water partition coefficient (Wildman–Crippen LogP) is 1.21. The van der Waals surface area contributed by atoms with E-state index in [0.29, 0.717) is 5.82 Å². The van der Waals surface area contributed by atoms with Gasteiger partial charge in [-0.3, -0.25) is 9.59 Å². The summed E-state index contributed by atoms with van der Waals surface area (Å²) in [5, 5.41) is 10.9. The highest BCUT2D eigenvalue weighted by Gasteiger charge is 2.40. The summed E-state index contributed by atoms with van der Waals surface area (Å²) in [6.45, 7) is 4.98. The number of morpholine rings is 1. The molecule has 0 saturated carbocycles. The number of ether oxygens (including phenoxy) is 1. The topological polar surface area (TPSA) is 89.4 Å². The van der Waals surface area contributed by atoms with Gasteiger partial charge in [0.1, 0.15) is 12.9 Å². The lowest BCUT2D eigenvalue weighted by Crippen LogP contribution is -2.53. The quantitative estimate of drug-likeness (QED) is 0.824. The van der Waals surface area contributed by atoms with Gasteiger partial charge in [-0.15, -0.1) is 10.2 Å². The SMILES string of the molecule is CCCn1cnnc1CNC(=O)[C@H]1OCC(=O)N(C)[C@@H]1c1ccccc1C. The van der Waals surface area contributed by atoms with Crippen molar-refractivity contribution in [2.75, 3.05) is 13.7 Å². The van der Waals surface area contributed by atoms with Crippen LogP contribution in [0.2, 0.25) is 0 Å². The highest BCUT2D eigenvalue weighted by molar-refractivity contribution is 5.86. The lowest BCUT2D eigenvalue weighted by molar-refractivity contribution is -0.162. The van der Waals surface area contributed by atoms with E-state index in [0.717, 1.165) is 24.1 Å². The third-order valence-corrected chi connectivity index (χ3v) is 4.83. The first kappa shape index (κ1) is 19.0. The molecular weight excluding hydrogens is 346 g/mol. The summed E-state index contributed by atoms with van der Waals surface area (Å²) in [5.74, 6) is 0.279. The molecule has 2 heterocycles. The molecule has 0 unspecified atom stereocenters. The van der Waals surface area contributed by atoms with Crippen molar-refractivity contribution in [2.24, 2.45) is 0 Å². The molecule has 27 heavy (non-hydrogen) atoms. The molecule has 0 spiro atoms. The standard InChI is InChI=1S/C19H25N5O3/c1-4-9-24-12-21-22-15(24)10-20-19(26)18-17(23(3)16(25)11-27-18)14-8-6-5-7-13(14)2/h5-8,12,17-18H,4,9-11H2,1-3H3,(H,20,26)/t17-,18+/m1/s1. The Morgan fingerprint density at radius 1 is 1.37 bits per heavy atom. The van der Waals surface area contributed by atoms with Gasteiger partial charge < -0.3 is 19.5 Å². The van der Waals surface area contributed by atoms with Crippen LogP contribution in [-0.2, 0) is 27.4 Å². The zero-order valence-electron chi connectivity index (χ0n) is 15.9. The molecule has 0 radical (unpaired) electrons. The molecule has 1 N–H and O–H groups in total. The molecule has 8 nitrogen and oxygen atoms in total. The van der Waals surface area contributed by atoms with Gasteiger partial charge in [-0.2, -0.15) is 0 Å². The number of nitrogens with one attached hydrogen (secondary N) is 1. The summed E-state index contributed by atoms with van der Waals surface area (Å²) in [5.41, 5.74) is 1.91. The predicted molar refractivity (Wildman–Crippen MR) is 98.6 cm³/mol. The first-order valence-corrected chi connectivity index (χ1v) is 9.10. The summed E-state index contributed by atoms with van der Waals surface area (Å²) in [6.07, 6.45) is 1.83. The fourth-order valence-corrected chi connectivity index (χ4v) is 3.33. The molecule has 2 atom stereocenters. The van der Waals surface area contributed by atoms with Crippen LogP contribution in [0.3, 0.4) is 0 Å². The minimum atomic E-state index is -0.781. The number of aryl methyl sites for hydroxylation is 2. The van der Waals surface area contributed by atoms with Gasteiger partial charge in [-0.25, -0.2) is 0 Å². The summed E-state index contributed by atoms with van der Waals surface area (Å²) < 4.78 is 7.56. The summed E-state index contributed by atoms with van der Waals surface area (Å²) in [6, 6.07) is 7.25. The van der Waals surface area contributed by atoms with Gasteiger partial charge in [-0.05, 0) is 24.5 Å². The number of rotatable bonds is 6. The fraction of sp³-hybridized carbons (Fsp3) is 0.474. The van der Waals surface area contributed by atoms with E-state index in [1.807, 2.05) is 35.8 Å². The monoisotopic (exact) mass is 371 g/mol. The van der Waals surface area contributed by atoms with Crippen molar-refractivity contribution in [1.82, 2.24) is 25.0 Å². The van der Waals surface area contributed by atoms with Gasteiger partial charge in [-0.1, -0.05) is 31.2 Å². The molecule has 1 aliphatic heterocycles. The lowest BCUT2D eigenvalue weighted by Gasteiger charge is -2.38. The zero-order chi connectivity index (χ0) is 19.4. The molecule has 1 fully saturated rings. The van der Waals surface area contributed by atoms with Gasteiger partial charge in [0.25, 0.3) is 5.91 Å². The number of amides is 2. The van der Waals surface area contributed by atoms with Crippen LogP contribution in [0.15, 0.2) is 30.6 Å². The van der Waals surface area contributed by atoms with E-state index < -0.39 is 12.1 Å². The first-order chi connectivity index (χ1) is 13.0. The Kier molecular flexibility index (Phi) is 5.85. The summed E-state index contributed by atoms with van der Waals surface area (Å²) in [4.78, 5) is 26.6. The molecular formula is C19H25N5O3. The molecule has 1 aliphatic rings. The number of aromatic nitrogens is 3. The third-order valence-electron chi connectivity index (χ3n) is 4.83. The number of hydrogen-bond acceptors (Lipinski definition) is 5. The second-order valence-corrected chi connectivity index (χ2v) is 6.70. The van der Waals surface area contributed by atoms with Crippen molar-refractivity contribution in [3.63, 3.8) is 0 Å². The lowest BCUT2D eigenvalue weighted by atomic mass is 9.94. The largest absolute Gasteiger partial charge is 0.356 e. The second-order valence-electron chi connectivity index (χ2n) is 6.70. The van der Waals surface area contributed by atoms with Crippen LogP contribution in [0.5, 0.6) is 0 Å². The number of nitrogens with zero attached hydrogens (tertiary/aromatic N) is 4. The van der Waals surface area contributed by atoms with Crippen molar-refractivity contribution < 1.29 is 14.3 Å². The van der Waals surface area contributed by atoms with Crippen molar-refractivity contribution in [2.45, 2.75) is 45.5 Å². The van der Waals surface area contributed by atoms with Gasteiger partial charge in [0.05, 0.1) is 12.6 Å². The Morgan fingerprint density at radius 2 is 2.15 bits per heavy atom. The van der Waals surface area contributed by atoms with E-state index >= 15 is 0 Å². The molecule has 3 rings (SSSR count). The van der Waals surface area contributed by atoms with Crippen LogP contribution in [0.25, 0.3) is 0 Å². The van der Waals surface area contributed by atoms with Gasteiger partial charge in [0.2, 0.25) is 5.91 Å². The fourth-order valence-electron chi connectivity index (χ4n) is 3.33. The zero-order valence-corrected chi connectivity index (χ0v) is 15.9. The van der Waals surface area contributed by atoms with E-state index in [1.165, 1.54) is 0 Å². The van der Waals surface area contributed by atoms with E-state index in [4.69, 9.17) is 4.74 Å². The number of likely N-dealkylation sites (N-methyl/N-ethyl adjacent to an activating group) is 1. The minimum Gasteiger partial charge on any atom is -0.356 e. The Labute approximate surface area is 158 Å². The number of carbonyl (C=O) groups is 2. The average Bonchev–Trinajstić information content (AvgIpc) is 3.10. The van der Waals surface area contributed by atoms with Crippen molar-refractivity contribution >= 4 is 11.8 Å². The normalized spacial score (nSPS) is 20.0. The summed E-state index contributed by atoms with van der Waals surface area (Å²) >= 11 is 0. The number of carbonyl (C=O) groups excluding carboxylic acids is 2. The third kappa shape index (κ3) is 4.00. The summed E-state index contributed by atoms with van der Waals surface area (Å²) in [7, 11) is 1.71. The van der Waals surface area contributed by atoms with Crippen molar-refractivity contribution in [1.29, 1.82) is 0 Å². The number of hydrogen-bond donors (Lipinski definition) is 1. The van der Waals surface area contributed by atoms with Crippen LogP contribution >= 0.6 is 0 Å². The Bertz CT molecular complexity index is 819. The minimum absolute atomic E-state index is 0.108. The van der Waals surface area contributed by atoms with E-state index in [1.54, 1.807) is 18.3 Å². The molecule has 0 bridgehead atoms. The smallest absolute Gasteiger partial charge is 0.252 e. The highest BCUT2D eigenvalue weighted by Crippen LogP contribution is 2.31. The number of benzene rings is 1. The first-order valence-electron chi connectivity index (χ1n) is 9.10. The molecule has 1 saturated heterocycles. The molecule has 2 aromatic rings. The molecule has 144 valence electrons. The van der Waals surface area contributed by atoms with Crippen LogP contribution < -0.4 is 5.32 Å². The molecule has 0 aliphatic carbocycles. The maximum atomic E-state index is 12.9. The average molecular weight is 371 g/mol. The van der Waals surface area contributed by atoms with Crippen LogP contribution in [-0.4, -0.2) is 51.2 Å². The maximum Gasteiger partial charge on any atom is 0.252 e. The Morgan fingerprint density at radius 3 is 2.89 bits per heavy atom. The van der Waals surface area contributed by atoms with E-state index in [2.05, 4.69) is 22.4 Å². The van der Waals surface area contributed by atoms with Gasteiger partial charge in [0, 0.05) is 13.6 Å². The molecule has 8 heteroatoms. The van der Waals surface area contributed by atoms with Crippen molar-refractivity contribution in [3.8, 4) is 0 Å². The van der Waals surface area contributed by atoms with E-state index in [-0.39, 0.29) is 25.0 Å². The Balaban J connectivity index is 1.78. The highest BCUT2D eigenvalue weighted by atomic mass is 16.5. The van der Waals surface area contributed by atoms with Crippen molar-refractivity contribution in [3.05, 3.63) is 47.5 Å².